The van der Waals surface area contributed by atoms with Crippen molar-refractivity contribution < 1.29 is 83.4 Å². The van der Waals surface area contributed by atoms with Crippen LogP contribution in [0.2, 0.25) is 0 Å². The van der Waals surface area contributed by atoms with Gasteiger partial charge in [0.25, 0.3) is 5.56 Å². The van der Waals surface area contributed by atoms with Gasteiger partial charge in [-0.3, -0.25) is 14.3 Å². The van der Waals surface area contributed by atoms with E-state index in [4.69, 9.17) is 9.47 Å². The van der Waals surface area contributed by atoms with Crippen molar-refractivity contribution in [2.75, 3.05) is 38.0 Å². The molecule has 0 radical (unpaired) electrons. The van der Waals surface area contributed by atoms with Crippen LogP contribution < -0.4 is 57.0 Å². The molecule has 49 heavy (non-hydrogen) atoms. The van der Waals surface area contributed by atoms with Crippen molar-refractivity contribution in [1.82, 2.24) is 9.36 Å². The molecule has 6 rings (SSSR count). The van der Waals surface area contributed by atoms with Crippen molar-refractivity contribution >= 4 is 21.8 Å². The number of hydrogen-bond acceptors (Lipinski definition) is 9. The summed E-state index contributed by atoms with van der Waals surface area (Å²) in [7, 11) is 1.02. The van der Waals surface area contributed by atoms with Crippen LogP contribution in [0.4, 0.5) is 5.69 Å². The number of carbonyl (C=O) groups excluding carboxylic acids is 1. The fourth-order valence-corrected chi connectivity index (χ4v) is 8.13. The molecule has 15 heteroatoms. The minimum absolute atomic E-state index is 0. The minimum Gasteiger partial charge on any atom is -1.00 e. The van der Waals surface area contributed by atoms with Crippen LogP contribution in [0.3, 0.4) is 0 Å². The molecule has 2 unspecified atom stereocenters. The Morgan fingerprint density at radius 2 is 1.65 bits per heavy atom. The second-order valence-electron chi connectivity index (χ2n) is 13.1. The zero-order valence-corrected chi connectivity index (χ0v) is 33.5. The molecule has 0 saturated carbocycles. The molecule has 0 spiro atoms. The Balaban J connectivity index is 0.000000261. The number of aliphatic hydroxyl groups is 1. The number of aliphatic hydroxyl groups excluding tert-OH is 1. The average molecular weight is 774 g/mol. The number of likely N-dealkylation sites (N-methyl/N-ethyl adjacent to an activating group) is 1. The maximum absolute atomic E-state index is 12.7. The number of fused-ring (bicyclic) bond motifs is 5. The predicted octanol–water partition coefficient (Wildman–Crippen LogP) is -3.34. The number of epoxide rings is 1. The third kappa shape index (κ3) is 8.90. The van der Waals surface area contributed by atoms with Gasteiger partial charge in [0.2, 0.25) is 0 Å². The van der Waals surface area contributed by atoms with E-state index >= 15 is 0 Å². The monoisotopic (exact) mass is 772 g/mol. The Morgan fingerprint density at radius 3 is 2.16 bits per heavy atom. The zero-order chi connectivity index (χ0) is 34.1. The van der Waals surface area contributed by atoms with E-state index in [9.17, 15) is 27.7 Å². The second kappa shape index (κ2) is 17.0. The van der Waals surface area contributed by atoms with E-state index in [-0.39, 0.29) is 76.5 Å². The van der Waals surface area contributed by atoms with Crippen molar-refractivity contribution in [3.8, 4) is 5.69 Å². The van der Waals surface area contributed by atoms with Crippen LogP contribution in [0.1, 0.15) is 49.8 Å². The molecular formula is C34H46BrN4NaO8S. The Bertz CT molecular complexity index is 1700. The number of nitrogens with zero attached hydrogens (tertiary/aromatic N) is 4. The third-order valence-electron chi connectivity index (χ3n) is 10.0. The minimum atomic E-state index is -4.45. The maximum Gasteiger partial charge on any atom is 1.00 e. The molecule has 1 N–H and O–H groups in total. The first-order valence-corrected chi connectivity index (χ1v) is 17.7. The van der Waals surface area contributed by atoms with E-state index in [1.807, 2.05) is 36.4 Å². The van der Waals surface area contributed by atoms with Crippen LogP contribution in [0.25, 0.3) is 5.69 Å². The summed E-state index contributed by atoms with van der Waals surface area (Å²) in [6, 6.07) is 19.3. The number of quaternary nitrogens is 1. The molecule has 3 aliphatic rings. The number of anilines is 1. The Kier molecular flexibility index (Phi) is 14.4. The van der Waals surface area contributed by atoms with Gasteiger partial charge in [0.05, 0.1) is 31.6 Å². The fraction of sp³-hybridized carbons (Fsp3) is 0.529. The molecule has 4 heterocycles. The summed E-state index contributed by atoms with van der Waals surface area (Å²) in [5, 5.41) is 9.70. The molecule has 0 aliphatic carbocycles. The van der Waals surface area contributed by atoms with Gasteiger partial charge in [-0.1, -0.05) is 61.9 Å². The van der Waals surface area contributed by atoms with Crippen LogP contribution in [0.15, 0.2) is 65.5 Å². The molecule has 0 amide bonds. The number of esters is 1. The number of carbonyl (C=O) groups is 1. The number of para-hydroxylation sites is 1. The van der Waals surface area contributed by atoms with Crippen molar-refractivity contribution in [3.05, 3.63) is 82.3 Å². The van der Waals surface area contributed by atoms with Crippen molar-refractivity contribution in [2.45, 2.75) is 75.8 Å². The topological polar surface area (TPSA) is 146 Å². The van der Waals surface area contributed by atoms with Crippen molar-refractivity contribution in [2.24, 2.45) is 7.05 Å². The summed E-state index contributed by atoms with van der Waals surface area (Å²) in [5.74, 6) is -1.65. The van der Waals surface area contributed by atoms with Crippen LogP contribution in [0.5, 0.6) is 0 Å². The second-order valence-corrected chi connectivity index (χ2v) is 14.5. The summed E-state index contributed by atoms with van der Waals surface area (Å²) in [5.41, 5.74) is 1.88. The summed E-state index contributed by atoms with van der Waals surface area (Å²) >= 11 is 0. The largest absolute Gasteiger partial charge is 1.00 e. The smallest absolute Gasteiger partial charge is 1.00 e. The zero-order valence-electron chi connectivity index (χ0n) is 29.1. The number of hydrogen-bond donors (Lipinski definition) is 1. The van der Waals surface area contributed by atoms with Crippen LogP contribution in [0, 0.1) is 6.92 Å². The SMILES string of the molecule is CCCC[N+]1(C)[C@@H]2CC(OC(=O)[C@H](CO)c3ccccc3)C[C@H]1[C@@H]1O[C@@H]12.Cc1c(N(C)CS(=O)(=O)[O-])c(=O)n(-c2ccccc2)n1C.[Br-].[Na+]. The first kappa shape index (κ1) is 41.4. The number of piperidine rings is 1. The number of halogens is 1. The Hall–Kier alpha value is -2.01. The molecule has 12 nitrogen and oxygen atoms in total. The van der Waals surface area contributed by atoms with Crippen LogP contribution in [-0.4, -0.2) is 101 Å². The molecule has 3 aromatic rings. The number of benzene rings is 2. The maximum atomic E-state index is 12.7. The van der Waals surface area contributed by atoms with Crippen molar-refractivity contribution in [1.29, 1.82) is 0 Å². The van der Waals surface area contributed by atoms with Crippen molar-refractivity contribution in [3.63, 3.8) is 0 Å². The molecule has 3 saturated heterocycles. The standard InChI is InChI=1S/C21H30NO4.C13H17N3O4S.BrH.Na/c1-3-4-10-22(2)17-11-15(12-18(22)20-19(17)26-20)25-21(24)16(13-23)14-8-6-5-7-9-14;1-10-12(14(2)9-21(18,19)20)13(17)16(15(10)3)11-7-5-4-6-8-11;;/h5-9,15-20,23H,3-4,10-13H2,1-2H3;4-8H,9H2,1-3H3,(H,18,19,20);1H;/q+1;;;+1/p-2/t15?,16-,17-,18+,19-,20+,22?;;;/m1.../s1. The summed E-state index contributed by atoms with van der Waals surface area (Å²) in [6.07, 6.45) is 4.83. The first-order chi connectivity index (χ1) is 22.3. The number of rotatable bonds is 11. The molecule has 7 atom stereocenters. The number of morpholine rings is 1. The van der Waals surface area contributed by atoms with E-state index in [2.05, 4.69) is 14.0 Å². The first-order valence-electron chi connectivity index (χ1n) is 16.2. The van der Waals surface area contributed by atoms with E-state index in [0.717, 1.165) is 22.9 Å². The number of aromatic nitrogens is 2. The molecule has 3 aliphatic heterocycles. The van der Waals surface area contributed by atoms with Gasteiger partial charge in [-0.2, -0.15) is 0 Å². The third-order valence-corrected chi connectivity index (χ3v) is 10.8. The van der Waals surface area contributed by atoms with Gasteiger partial charge in [-0.25, -0.2) is 13.1 Å². The molecule has 2 bridgehead atoms. The van der Waals surface area contributed by atoms with E-state index in [1.165, 1.54) is 36.0 Å². The Labute approximate surface area is 321 Å². The molecule has 2 aromatic carbocycles. The van der Waals surface area contributed by atoms with Gasteiger partial charge in [-0.05, 0) is 31.0 Å². The fourth-order valence-electron chi connectivity index (χ4n) is 7.53. The van der Waals surface area contributed by atoms with Crippen LogP contribution >= 0.6 is 0 Å². The normalized spacial score (nSPS) is 25.4. The molecule has 264 valence electrons. The number of unbranched alkanes of at least 4 members (excludes halogenated alkanes) is 1. The summed E-state index contributed by atoms with van der Waals surface area (Å²) < 4.78 is 48.6. The molecule has 3 fully saturated rings. The van der Waals surface area contributed by atoms with Gasteiger partial charge in [0, 0.05) is 26.9 Å². The quantitative estimate of drug-likeness (QED) is 0.0696. The van der Waals surface area contributed by atoms with Gasteiger partial charge in [0.15, 0.2) is 0 Å². The van der Waals surface area contributed by atoms with E-state index in [1.54, 1.807) is 42.9 Å². The molecular weight excluding hydrogens is 727 g/mol. The van der Waals surface area contributed by atoms with Gasteiger partial charge >= 0.3 is 35.5 Å². The van der Waals surface area contributed by atoms with Crippen LogP contribution in [-0.2, 0) is 31.4 Å². The van der Waals surface area contributed by atoms with Gasteiger partial charge in [-0.15, -0.1) is 0 Å². The number of ether oxygens (including phenoxy) is 2. The van der Waals surface area contributed by atoms with E-state index < -0.39 is 21.9 Å². The predicted molar refractivity (Wildman–Crippen MR) is 176 cm³/mol. The van der Waals surface area contributed by atoms with Gasteiger partial charge in [0.1, 0.15) is 58.0 Å². The van der Waals surface area contributed by atoms with Gasteiger partial charge < -0.3 is 45.5 Å². The Morgan fingerprint density at radius 1 is 1.10 bits per heavy atom. The average Bonchev–Trinajstić information content (AvgIpc) is 3.75. The summed E-state index contributed by atoms with van der Waals surface area (Å²) in [6.45, 7) is 4.90. The van der Waals surface area contributed by atoms with E-state index in [0.29, 0.717) is 35.7 Å². The molecule has 1 aromatic heterocycles. The summed E-state index contributed by atoms with van der Waals surface area (Å²) in [4.78, 5) is 26.4.